The first-order chi connectivity index (χ1) is 10.9. The number of tetrazole rings is 1. The number of aromatic nitrogens is 4. The molecule has 128 valence electrons. The first-order valence-corrected chi connectivity index (χ1v) is 9.62. The van der Waals surface area contributed by atoms with Crippen molar-refractivity contribution in [3.63, 3.8) is 0 Å². The number of amides is 1. The van der Waals surface area contributed by atoms with Crippen LogP contribution in [0.4, 0.5) is 0 Å². The minimum atomic E-state index is -3.11. The molecule has 2 saturated heterocycles. The van der Waals surface area contributed by atoms with E-state index in [0.717, 1.165) is 6.54 Å². The Hall–Kier alpha value is -1.55. The molecule has 3 heterocycles. The van der Waals surface area contributed by atoms with E-state index in [-0.39, 0.29) is 36.0 Å². The minimum absolute atomic E-state index is 0.0421. The third kappa shape index (κ3) is 3.52. The summed E-state index contributed by atoms with van der Waals surface area (Å²) >= 11 is 0. The fourth-order valence-corrected chi connectivity index (χ4v) is 5.52. The predicted octanol–water partition coefficient (Wildman–Crippen LogP) is -1.36. The Morgan fingerprint density at radius 1 is 1.26 bits per heavy atom. The molecule has 0 N–H and O–H groups in total. The fraction of sp³-hybridized carbons (Fsp3) is 0.846. The molecule has 0 bridgehead atoms. The second kappa shape index (κ2) is 6.16. The van der Waals surface area contributed by atoms with Crippen molar-refractivity contribution in [1.82, 2.24) is 30.0 Å². The number of hydrogen-bond acceptors (Lipinski definition) is 7. The first kappa shape index (κ1) is 16.3. The van der Waals surface area contributed by atoms with Crippen LogP contribution in [0.1, 0.15) is 13.8 Å². The van der Waals surface area contributed by atoms with Crippen LogP contribution in [0.5, 0.6) is 0 Å². The van der Waals surface area contributed by atoms with Crippen LogP contribution < -0.4 is 0 Å². The van der Waals surface area contributed by atoms with Gasteiger partial charge in [-0.25, -0.2) is 13.1 Å². The number of sulfone groups is 1. The molecule has 1 amide bonds. The monoisotopic (exact) mass is 342 g/mol. The van der Waals surface area contributed by atoms with Gasteiger partial charge in [-0.1, -0.05) is 13.8 Å². The molecule has 23 heavy (non-hydrogen) atoms. The maximum atomic E-state index is 12.5. The average molecular weight is 342 g/mol. The lowest BCUT2D eigenvalue weighted by Crippen LogP contribution is -2.61. The molecule has 9 nitrogen and oxygen atoms in total. The van der Waals surface area contributed by atoms with Gasteiger partial charge < -0.3 is 4.90 Å². The molecule has 0 saturated carbocycles. The molecule has 2 fully saturated rings. The summed E-state index contributed by atoms with van der Waals surface area (Å²) in [6.07, 6.45) is 1.38. The molecule has 2 aliphatic heterocycles. The zero-order valence-corrected chi connectivity index (χ0v) is 14.2. The second-order valence-corrected chi connectivity index (χ2v) is 8.85. The van der Waals surface area contributed by atoms with Crippen LogP contribution >= 0.6 is 0 Å². The number of hydrogen-bond donors (Lipinski definition) is 0. The SMILES string of the molecule is CC(C)CN1CCN(C(=O)Cn2cnnn2)[C@@H]2CS(=O)(=O)C[C@@H]21. The van der Waals surface area contributed by atoms with E-state index in [1.54, 1.807) is 4.90 Å². The molecule has 2 atom stereocenters. The van der Waals surface area contributed by atoms with Crippen molar-refractivity contribution in [2.45, 2.75) is 32.5 Å². The highest BCUT2D eigenvalue weighted by atomic mass is 32.2. The van der Waals surface area contributed by atoms with Crippen LogP contribution in [-0.4, -0.2) is 87.6 Å². The third-order valence-electron chi connectivity index (χ3n) is 4.40. The Morgan fingerprint density at radius 3 is 2.65 bits per heavy atom. The molecule has 2 aliphatic rings. The minimum Gasteiger partial charge on any atom is -0.334 e. The summed E-state index contributed by atoms with van der Waals surface area (Å²) in [5.41, 5.74) is 0. The third-order valence-corrected chi connectivity index (χ3v) is 6.10. The zero-order chi connectivity index (χ0) is 16.6. The summed E-state index contributed by atoms with van der Waals surface area (Å²) in [7, 11) is -3.11. The molecule has 1 aromatic rings. The number of carbonyl (C=O) groups excluding carboxylic acids is 1. The van der Waals surface area contributed by atoms with Gasteiger partial charge in [-0.3, -0.25) is 9.69 Å². The van der Waals surface area contributed by atoms with E-state index < -0.39 is 9.84 Å². The Balaban J connectivity index is 1.77. The Kier molecular flexibility index (Phi) is 4.37. The quantitative estimate of drug-likeness (QED) is 0.666. The molecular weight excluding hydrogens is 320 g/mol. The summed E-state index contributed by atoms with van der Waals surface area (Å²) in [5.74, 6) is 0.517. The number of nitrogens with zero attached hydrogens (tertiary/aromatic N) is 6. The lowest BCUT2D eigenvalue weighted by atomic mass is 10.0. The van der Waals surface area contributed by atoms with Gasteiger partial charge in [-0.05, 0) is 16.3 Å². The first-order valence-electron chi connectivity index (χ1n) is 7.80. The van der Waals surface area contributed by atoms with E-state index in [0.29, 0.717) is 19.0 Å². The fourth-order valence-electron chi connectivity index (χ4n) is 3.51. The van der Waals surface area contributed by atoms with E-state index >= 15 is 0 Å². The molecule has 0 radical (unpaired) electrons. The van der Waals surface area contributed by atoms with Crippen molar-refractivity contribution in [2.24, 2.45) is 5.92 Å². The highest BCUT2D eigenvalue weighted by molar-refractivity contribution is 7.91. The van der Waals surface area contributed by atoms with E-state index in [1.807, 2.05) is 0 Å². The van der Waals surface area contributed by atoms with Gasteiger partial charge >= 0.3 is 0 Å². The number of carbonyl (C=O) groups is 1. The summed E-state index contributed by atoms with van der Waals surface area (Å²) in [5, 5.41) is 10.7. The smallest absolute Gasteiger partial charge is 0.244 e. The van der Waals surface area contributed by atoms with Gasteiger partial charge in [-0.2, -0.15) is 0 Å². The van der Waals surface area contributed by atoms with Gasteiger partial charge in [0.15, 0.2) is 9.84 Å². The molecule has 10 heteroatoms. The van der Waals surface area contributed by atoms with E-state index in [1.165, 1.54) is 11.0 Å². The van der Waals surface area contributed by atoms with Crippen LogP contribution in [0.15, 0.2) is 6.33 Å². The zero-order valence-electron chi connectivity index (χ0n) is 13.4. The topological polar surface area (TPSA) is 101 Å². The molecule has 0 aliphatic carbocycles. The van der Waals surface area contributed by atoms with Crippen molar-refractivity contribution >= 4 is 15.7 Å². The molecule has 3 rings (SSSR count). The Labute approximate surface area is 135 Å². The van der Waals surface area contributed by atoms with Crippen LogP contribution in [0.25, 0.3) is 0 Å². The average Bonchev–Trinajstić information content (AvgIpc) is 3.04. The summed E-state index contributed by atoms with van der Waals surface area (Å²) in [4.78, 5) is 16.5. The maximum absolute atomic E-state index is 12.5. The number of piperazine rings is 1. The van der Waals surface area contributed by atoms with Crippen molar-refractivity contribution in [3.8, 4) is 0 Å². The van der Waals surface area contributed by atoms with Gasteiger partial charge in [0.25, 0.3) is 0 Å². The summed E-state index contributed by atoms with van der Waals surface area (Å²) in [6, 6.07) is -0.370. The van der Waals surface area contributed by atoms with Crippen molar-refractivity contribution < 1.29 is 13.2 Å². The summed E-state index contributed by atoms with van der Waals surface area (Å²) < 4.78 is 25.6. The lowest BCUT2D eigenvalue weighted by Gasteiger charge is -2.44. The Bertz CT molecular complexity index is 659. The second-order valence-electron chi connectivity index (χ2n) is 6.69. The Morgan fingerprint density at radius 2 is 2.00 bits per heavy atom. The van der Waals surface area contributed by atoms with E-state index in [4.69, 9.17) is 0 Å². The molecule has 0 spiro atoms. The van der Waals surface area contributed by atoms with Gasteiger partial charge in [0.05, 0.1) is 17.5 Å². The normalized spacial score (nSPS) is 27.3. The van der Waals surface area contributed by atoms with Gasteiger partial charge in [0.2, 0.25) is 5.91 Å². The van der Waals surface area contributed by atoms with Crippen molar-refractivity contribution in [3.05, 3.63) is 6.33 Å². The van der Waals surface area contributed by atoms with Crippen LogP contribution in [-0.2, 0) is 21.2 Å². The standard InChI is InChI=1S/C13H22N6O3S/c1-10(2)5-17-3-4-19(12-8-23(21,22)7-11(12)17)13(20)6-18-9-14-15-16-18/h9-12H,3-8H2,1-2H3/t11-,12+/m0/s1. The molecule has 0 unspecified atom stereocenters. The largest absolute Gasteiger partial charge is 0.334 e. The van der Waals surface area contributed by atoms with Crippen molar-refractivity contribution in [1.29, 1.82) is 0 Å². The highest BCUT2D eigenvalue weighted by Crippen LogP contribution is 2.27. The van der Waals surface area contributed by atoms with Gasteiger partial charge in [-0.15, -0.1) is 5.10 Å². The highest BCUT2D eigenvalue weighted by Gasteiger charge is 2.47. The molecule has 0 aromatic carbocycles. The van der Waals surface area contributed by atoms with Crippen LogP contribution in [0.2, 0.25) is 0 Å². The lowest BCUT2D eigenvalue weighted by molar-refractivity contribution is -0.138. The number of rotatable bonds is 4. The van der Waals surface area contributed by atoms with E-state index in [9.17, 15) is 13.2 Å². The maximum Gasteiger partial charge on any atom is 0.244 e. The summed E-state index contributed by atoms with van der Waals surface area (Å²) in [6.45, 7) is 6.38. The van der Waals surface area contributed by atoms with Crippen LogP contribution in [0, 0.1) is 5.92 Å². The van der Waals surface area contributed by atoms with Crippen molar-refractivity contribution in [2.75, 3.05) is 31.1 Å². The van der Waals surface area contributed by atoms with E-state index in [2.05, 4.69) is 34.3 Å². The molecular formula is C13H22N6O3S. The molecule has 1 aromatic heterocycles. The van der Waals surface area contributed by atoms with Gasteiger partial charge in [0.1, 0.15) is 12.9 Å². The number of fused-ring (bicyclic) bond motifs is 1. The van der Waals surface area contributed by atoms with Crippen LogP contribution in [0.3, 0.4) is 0 Å². The van der Waals surface area contributed by atoms with Gasteiger partial charge in [0, 0.05) is 25.7 Å². The predicted molar refractivity (Wildman–Crippen MR) is 82.2 cm³/mol.